The van der Waals surface area contributed by atoms with E-state index in [1.54, 1.807) is 59.0 Å². The molecule has 3 aromatic heterocycles. The van der Waals surface area contributed by atoms with Crippen LogP contribution in [0.15, 0.2) is 49.1 Å². The number of carbonyl (C=O) groups excluding carboxylic acids is 2. The van der Waals surface area contributed by atoms with E-state index in [1.807, 2.05) is 6.92 Å². The van der Waals surface area contributed by atoms with Gasteiger partial charge >= 0.3 is 0 Å². The molecular weight excluding hydrogens is 423 g/mol. The summed E-state index contributed by atoms with van der Waals surface area (Å²) < 4.78 is 17.9. The van der Waals surface area contributed by atoms with Crippen LogP contribution in [-0.2, 0) is 0 Å². The smallest absolute Gasteiger partial charge is 0.254 e. The van der Waals surface area contributed by atoms with Crippen LogP contribution in [0.1, 0.15) is 46.0 Å². The average molecular weight is 446 g/mol. The minimum atomic E-state index is -0.540. The molecule has 0 aliphatic heterocycles. The van der Waals surface area contributed by atoms with Gasteiger partial charge in [0.15, 0.2) is 5.82 Å². The second kappa shape index (κ2) is 8.16. The molecule has 0 radical (unpaired) electrons. The minimum absolute atomic E-state index is 0.0247. The van der Waals surface area contributed by atoms with E-state index in [1.165, 1.54) is 6.07 Å². The molecule has 1 aliphatic rings. The summed E-state index contributed by atoms with van der Waals surface area (Å²) in [5.74, 6) is -0.460. The van der Waals surface area contributed by atoms with Gasteiger partial charge in [-0.3, -0.25) is 14.0 Å². The minimum Gasteiger partial charge on any atom is -0.352 e. The Labute approximate surface area is 189 Å². The summed E-state index contributed by atoms with van der Waals surface area (Å²) in [5, 5.41) is 10.1. The van der Waals surface area contributed by atoms with E-state index in [4.69, 9.17) is 0 Å². The molecule has 5 rings (SSSR count). The quantitative estimate of drug-likeness (QED) is 0.475. The Morgan fingerprint density at radius 3 is 2.73 bits per heavy atom. The van der Waals surface area contributed by atoms with Crippen molar-refractivity contribution in [3.8, 4) is 16.9 Å². The predicted molar refractivity (Wildman–Crippen MR) is 121 cm³/mol. The first-order chi connectivity index (χ1) is 15.9. The summed E-state index contributed by atoms with van der Waals surface area (Å²) in [4.78, 5) is 29.1. The van der Waals surface area contributed by atoms with Crippen LogP contribution in [-0.4, -0.2) is 43.6 Å². The van der Waals surface area contributed by atoms with Gasteiger partial charge in [-0.1, -0.05) is 0 Å². The highest BCUT2D eigenvalue weighted by molar-refractivity contribution is 5.96. The van der Waals surface area contributed by atoms with Crippen molar-refractivity contribution in [1.82, 2.24) is 29.8 Å². The Balaban J connectivity index is 1.51. The molecule has 3 heterocycles. The topological polar surface area (TPSA) is 93.3 Å². The van der Waals surface area contributed by atoms with Crippen LogP contribution in [0.3, 0.4) is 0 Å². The van der Waals surface area contributed by atoms with Gasteiger partial charge in [-0.05, 0) is 62.1 Å². The third-order valence-electron chi connectivity index (χ3n) is 5.69. The van der Waals surface area contributed by atoms with Gasteiger partial charge < -0.3 is 10.6 Å². The van der Waals surface area contributed by atoms with Crippen molar-refractivity contribution in [1.29, 1.82) is 0 Å². The van der Waals surface area contributed by atoms with Gasteiger partial charge in [0, 0.05) is 30.5 Å². The number of pyridine rings is 1. The van der Waals surface area contributed by atoms with Crippen LogP contribution in [0.4, 0.5) is 4.39 Å². The van der Waals surface area contributed by atoms with Crippen LogP contribution in [0.25, 0.3) is 22.6 Å². The Morgan fingerprint density at radius 1 is 1.15 bits per heavy atom. The molecule has 0 bridgehead atoms. The van der Waals surface area contributed by atoms with Gasteiger partial charge in [0.05, 0.1) is 23.5 Å². The van der Waals surface area contributed by atoms with E-state index in [9.17, 15) is 14.0 Å². The van der Waals surface area contributed by atoms with Crippen molar-refractivity contribution in [2.45, 2.75) is 32.7 Å². The first kappa shape index (κ1) is 20.9. The monoisotopic (exact) mass is 446 g/mol. The lowest BCUT2D eigenvalue weighted by molar-refractivity contribution is 0.0941. The number of imidazole rings is 1. The molecule has 4 aromatic rings. The highest BCUT2D eigenvalue weighted by Crippen LogP contribution is 2.28. The lowest BCUT2D eigenvalue weighted by Crippen LogP contribution is -2.26. The summed E-state index contributed by atoms with van der Waals surface area (Å²) in [7, 11) is 0. The number of halogens is 1. The van der Waals surface area contributed by atoms with Gasteiger partial charge in [0.2, 0.25) is 0 Å². The zero-order valence-corrected chi connectivity index (χ0v) is 18.3. The van der Waals surface area contributed by atoms with Crippen LogP contribution in [0.5, 0.6) is 0 Å². The second-order valence-electron chi connectivity index (χ2n) is 8.19. The molecule has 168 valence electrons. The Hall–Kier alpha value is -4.01. The highest BCUT2D eigenvalue weighted by Gasteiger charge is 2.25. The molecule has 1 aliphatic carbocycles. The first-order valence-electron chi connectivity index (χ1n) is 10.9. The fourth-order valence-corrected chi connectivity index (χ4v) is 3.77. The first-order valence-corrected chi connectivity index (χ1v) is 10.9. The van der Waals surface area contributed by atoms with Gasteiger partial charge in [-0.15, -0.1) is 0 Å². The largest absolute Gasteiger partial charge is 0.352 e. The zero-order chi connectivity index (χ0) is 23.1. The number of carbonyl (C=O) groups is 2. The molecule has 1 aromatic carbocycles. The van der Waals surface area contributed by atoms with Crippen molar-refractivity contribution < 1.29 is 14.0 Å². The highest BCUT2D eigenvalue weighted by atomic mass is 19.1. The molecule has 2 N–H and O–H groups in total. The van der Waals surface area contributed by atoms with Crippen molar-refractivity contribution in [2.75, 3.05) is 6.54 Å². The maximum atomic E-state index is 14.5. The molecule has 9 heteroatoms. The zero-order valence-electron chi connectivity index (χ0n) is 18.3. The molecule has 1 fully saturated rings. The average Bonchev–Trinajstić information content (AvgIpc) is 3.30. The fourth-order valence-electron chi connectivity index (χ4n) is 3.77. The third kappa shape index (κ3) is 3.97. The van der Waals surface area contributed by atoms with Gasteiger partial charge in [0.1, 0.15) is 11.5 Å². The molecule has 0 unspecified atom stereocenters. The number of rotatable bonds is 6. The number of benzene rings is 1. The number of nitrogens with zero attached hydrogens (tertiary/aromatic N) is 4. The van der Waals surface area contributed by atoms with Crippen LogP contribution >= 0.6 is 0 Å². The summed E-state index contributed by atoms with van der Waals surface area (Å²) in [5.41, 5.74) is 3.37. The lowest BCUT2D eigenvalue weighted by atomic mass is 9.99. The standard InChI is InChI=1S/C24H23FN6O2/c1-3-26-23(32)15-4-7-21-27-11-22(30(21)12-15)31-13-16(10-28-31)18-9-19(20(25)8-14(18)2)24(33)29-17-5-6-17/h4,7-13,17H,3,5-6H2,1-2H3,(H,26,32)(H,29,33). The van der Waals surface area contributed by atoms with E-state index in [2.05, 4.69) is 20.7 Å². The summed E-state index contributed by atoms with van der Waals surface area (Å²) in [6.07, 6.45) is 8.70. The summed E-state index contributed by atoms with van der Waals surface area (Å²) in [6, 6.07) is 6.59. The Bertz CT molecular complexity index is 1390. The number of amides is 2. The molecule has 0 saturated heterocycles. The Kier molecular flexibility index (Phi) is 5.16. The number of aromatic nitrogens is 4. The summed E-state index contributed by atoms with van der Waals surface area (Å²) in [6.45, 7) is 4.20. The molecule has 2 amide bonds. The van der Waals surface area contributed by atoms with E-state index < -0.39 is 11.7 Å². The maximum Gasteiger partial charge on any atom is 0.254 e. The normalized spacial score (nSPS) is 13.3. The Morgan fingerprint density at radius 2 is 1.97 bits per heavy atom. The van der Waals surface area contributed by atoms with E-state index in [0.29, 0.717) is 29.1 Å². The SMILES string of the molecule is CCNC(=O)c1ccc2ncc(-n3cc(-c4cc(C(=O)NC5CC5)c(F)cc4C)cn3)n2c1. The number of nitrogens with one attached hydrogen (secondary N) is 2. The maximum absolute atomic E-state index is 14.5. The number of fused-ring (bicyclic) bond motifs is 1. The van der Waals surface area contributed by atoms with Crippen molar-refractivity contribution in [3.63, 3.8) is 0 Å². The lowest BCUT2D eigenvalue weighted by Gasteiger charge is -2.09. The molecule has 0 spiro atoms. The fraction of sp³-hybridized carbons (Fsp3) is 0.250. The van der Waals surface area contributed by atoms with Crippen molar-refractivity contribution in [2.24, 2.45) is 0 Å². The molecule has 33 heavy (non-hydrogen) atoms. The van der Waals surface area contributed by atoms with E-state index >= 15 is 0 Å². The van der Waals surface area contributed by atoms with Gasteiger partial charge in [-0.2, -0.15) is 5.10 Å². The second-order valence-corrected chi connectivity index (χ2v) is 8.19. The van der Waals surface area contributed by atoms with Crippen molar-refractivity contribution >= 4 is 17.5 Å². The number of hydrogen-bond donors (Lipinski definition) is 2. The summed E-state index contributed by atoms with van der Waals surface area (Å²) >= 11 is 0. The molecule has 8 nitrogen and oxygen atoms in total. The molecule has 1 saturated carbocycles. The van der Waals surface area contributed by atoms with Crippen molar-refractivity contribution in [3.05, 3.63) is 71.6 Å². The third-order valence-corrected chi connectivity index (χ3v) is 5.69. The van der Waals surface area contributed by atoms with Crippen LogP contribution in [0.2, 0.25) is 0 Å². The van der Waals surface area contributed by atoms with Crippen LogP contribution in [0, 0.1) is 12.7 Å². The predicted octanol–water partition coefficient (Wildman–Crippen LogP) is 3.28. The number of aryl methyl sites for hydroxylation is 1. The van der Waals surface area contributed by atoms with E-state index in [0.717, 1.165) is 24.0 Å². The van der Waals surface area contributed by atoms with E-state index in [-0.39, 0.29) is 17.5 Å². The van der Waals surface area contributed by atoms with Crippen LogP contribution < -0.4 is 10.6 Å². The molecular formula is C24H23FN6O2. The number of hydrogen-bond acceptors (Lipinski definition) is 4. The van der Waals surface area contributed by atoms with Gasteiger partial charge in [-0.25, -0.2) is 14.1 Å². The molecule has 0 atom stereocenters. The van der Waals surface area contributed by atoms with Gasteiger partial charge in [0.25, 0.3) is 11.8 Å².